The number of hydrogen-bond acceptors (Lipinski definition) is 7. The quantitative estimate of drug-likeness (QED) is 0.172. The summed E-state index contributed by atoms with van der Waals surface area (Å²) in [4.78, 5) is 18.2. The standard InChI is InChI=1S/C27H27ClN3O5P/c1-4-35-37(33,36-5-2)18-19-9-11-21(12-10-19)26-30-25-16-22(28)13-14-24(25)27(32)31(26)29-17-20-7-6-8-23(15-20)34-3/h6-17H,4-5,18H2,1-3H3/b29-17+. The van der Waals surface area contributed by atoms with Gasteiger partial charge in [-0.1, -0.05) is 48.0 Å². The third kappa shape index (κ3) is 6.35. The molecule has 3 aromatic carbocycles. The fraction of sp³-hybridized carbons (Fsp3) is 0.222. The first-order valence-corrected chi connectivity index (χ1v) is 13.8. The molecule has 1 aromatic heterocycles. The Morgan fingerprint density at radius 3 is 2.43 bits per heavy atom. The Kier molecular flexibility index (Phi) is 8.56. The summed E-state index contributed by atoms with van der Waals surface area (Å²) in [5.41, 5.74) is 2.30. The molecule has 0 unspecified atom stereocenters. The molecule has 0 aliphatic heterocycles. The number of nitrogens with zero attached hydrogens (tertiary/aromatic N) is 3. The van der Waals surface area contributed by atoms with Crippen LogP contribution in [0.3, 0.4) is 0 Å². The second kappa shape index (κ2) is 11.8. The van der Waals surface area contributed by atoms with Gasteiger partial charge < -0.3 is 13.8 Å². The maximum absolute atomic E-state index is 13.4. The summed E-state index contributed by atoms with van der Waals surface area (Å²) >= 11 is 6.17. The lowest BCUT2D eigenvalue weighted by Gasteiger charge is -2.17. The van der Waals surface area contributed by atoms with Crippen LogP contribution in [0.2, 0.25) is 5.02 Å². The number of rotatable bonds is 10. The number of halogens is 1. The predicted octanol–water partition coefficient (Wildman–Crippen LogP) is 6.37. The Balaban J connectivity index is 1.78. The molecule has 0 amide bonds. The molecule has 0 N–H and O–H groups in total. The summed E-state index contributed by atoms with van der Waals surface area (Å²) in [6.45, 7) is 4.13. The minimum atomic E-state index is -3.25. The van der Waals surface area contributed by atoms with E-state index >= 15 is 0 Å². The van der Waals surface area contributed by atoms with Crippen molar-refractivity contribution in [3.63, 3.8) is 0 Å². The number of hydrogen-bond donors (Lipinski definition) is 0. The van der Waals surface area contributed by atoms with E-state index in [2.05, 4.69) is 5.10 Å². The minimum absolute atomic E-state index is 0.135. The molecule has 4 rings (SSSR count). The third-order valence-corrected chi connectivity index (χ3v) is 7.76. The van der Waals surface area contributed by atoms with Crippen LogP contribution in [0.1, 0.15) is 25.0 Å². The van der Waals surface area contributed by atoms with Crippen molar-refractivity contribution < 1.29 is 18.3 Å². The molecule has 0 aliphatic carbocycles. The molecule has 8 nitrogen and oxygen atoms in total. The van der Waals surface area contributed by atoms with Crippen LogP contribution in [0.25, 0.3) is 22.3 Å². The molecule has 0 saturated heterocycles. The lowest BCUT2D eigenvalue weighted by atomic mass is 10.1. The molecule has 0 bridgehead atoms. The Labute approximate surface area is 220 Å². The van der Waals surface area contributed by atoms with E-state index in [4.69, 9.17) is 30.4 Å². The Hall–Kier alpha value is -3.29. The van der Waals surface area contributed by atoms with Crippen LogP contribution >= 0.6 is 19.2 Å². The van der Waals surface area contributed by atoms with Crippen molar-refractivity contribution in [2.75, 3.05) is 20.3 Å². The Morgan fingerprint density at radius 1 is 1.03 bits per heavy atom. The van der Waals surface area contributed by atoms with Crippen LogP contribution in [-0.4, -0.2) is 36.2 Å². The highest BCUT2D eigenvalue weighted by Gasteiger charge is 2.24. The molecule has 0 aliphatic rings. The van der Waals surface area contributed by atoms with E-state index in [-0.39, 0.29) is 24.9 Å². The van der Waals surface area contributed by atoms with Crippen LogP contribution in [-0.2, 0) is 19.8 Å². The van der Waals surface area contributed by atoms with Crippen molar-refractivity contribution in [1.29, 1.82) is 0 Å². The van der Waals surface area contributed by atoms with Crippen molar-refractivity contribution in [2.24, 2.45) is 5.10 Å². The van der Waals surface area contributed by atoms with Gasteiger partial charge >= 0.3 is 7.60 Å². The van der Waals surface area contributed by atoms with Crippen LogP contribution in [0.4, 0.5) is 0 Å². The molecule has 0 saturated carbocycles. The molecule has 0 atom stereocenters. The van der Waals surface area contributed by atoms with Gasteiger partial charge in [0.05, 0.1) is 43.6 Å². The Morgan fingerprint density at radius 2 is 1.76 bits per heavy atom. The highest BCUT2D eigenvalue weighted by molar-refractivity contribution is 7.53. The topological polar surface area (TPSA) is 92.0 Å². The SMILES string of the molecule is CCOP(=O)(Cc1ccc(-c2nc3cc(Cl)ccc3c(=O)n2/N=C/c2cccc(OC)c2)cc1)OCC. The van der Waals surface area contributed by atoms with Crippen LogP contribution in [0.5, 0.6) is 5.75 Å². The minimum Gasteiger partial charge on any atom is -0.497 e. The van der Waals surface area contributed by atoms with E-state index in [0.717, 1.165) is 11.1 Å². The van der Waals surface area contributed by atoms with Gasteiger partial charge in [-0.25, -0.2) is 4.98 Å². The van der Waals surface area contributed by atoms with Crippen molar-refractivity contribution >= 4 is 36.3 Å². The maximum atomic E-state index is 13.4. The maximum Gasteiger partial charge on any atom is 0.335 e. The summed E-state index contributed by atoms with van der Waals surface area (Å²) < 4.78 is 30.3. The average Bonchev–Trinajstić information content (AvgIpc) is 2.88. The third-order valence-electron chi connectivity index (χ3n) is 5.47. The van der Waals surface area contributed by atoms with Crippen molar-refractivity contribution in [2.45, 2.75) is 20.0 Å². The molecule has 4 aromatic rings. The van der Waals surface area contributed by atoms with Crippen molar-refractivity contribution in [1.82, 2.24) is 9.66 Å². The van der Waals surface area contributed by atoms with Crippen molar-refractivity contribution in [3.8, 4) is 17.1 Å². The van der Waals surface area contributed by atoms with E-state index in [1.54, 1.807) is 57.5 Å². The largest absolute Gasteiger partial charge is 0.497 e. The van der Waals surface area contributed by atoms with Crippen LogP contribution < -0.4 is 10.3 Å². The summed E-state index contributed by atoms with van der Waals surface area (Å²) in [5.74, 6) is 1.01. The van der Waals surface area contributed by atoms with Gasteiger partial charge in [0.15, 0.2) is 5.82 Å². The second-order valence-electron chi connectivity index (χ2n) is 8.04. The zero-order chi connectivity index (χ0) is 26.4. The first-order valence-electron chi connectivity index (χ1n) is 11.7. The fourth-order valence-electron chi connectivity index (χ4n) is 3.79. The summed E-state index contributed by atoms with van der Waals surface area (Å²) in [7, 11) is -1.67. The molecule has 1 heterocycles. The van der Waals surface area contributed by atoms with Gasteiger partial charge in [0.1, 0.15) is 5.75 Å². The molecular weight excluding hydrogens is 513 g/mol. The lowest BCUT2D eigenvalue weighted by Crippen LogP contribution is -2.20. The molecule has 0 fully saturated rings. The second-order valence-corrected chi connectivity index (χ2v) is 10.5. The van der Waals surface area contributed by atoms with Gasteiger partial charge in [-0.2, -0.15) is 9.78 Å². The van der Waals surface area contributed by atoms with E-state index in [1.165, 1.54) is 4.68 Å². The highest BCUT2D eigenvalue weighted by Crippen LogP contribution is 2.51. The predicted molar refractivity (Wildman–Crippen MR) is 147 cm³/mol. The smallest absolute Gasteiger partial charge is 0.335 e. The molecule has 10 heteroatoms. The van der Waals surface area contributed by atoms with E-state index in [1.807, 2.05) is 36.4 Å². The number of methoxy groups -OCH3 is 1. The van der Waals surface area contributed by atoms with Gasteiger partial charge in [-0.3, -0.25) is 9.36 Å². The van der Waals surface area contributed by atoms with Gasteiger partial charge in [0.25, 0.3) is 5.56 Å². The van der Waals surface area contributed by atoms with Gasteiger partial charge in [0.2, 0.25) is 0 Å². The first-order chi connectivity index (χ1) is 17.9. The molecular formula is C27H27ClN3O5P. The zero-order valence-electron chi connectivity index (χ0n) is 20.8. The molecule has 37 heavy (non-hydrogen) atoms. The summed E-state index contributed by atoms with van der Waals surface area (Å²) in [6.07, 6.45) is 1.71. The molecule has 0 radical (unpaired) electrons. The lowest BCUT2D eigenvalue weighted by molar-refractivity contribution is 0.219. The Bertz CT molecular complexity index is 1530. The normalized spacial score (nSPS) is 11.9. The first kappa shape index (κ1) is 26.8. The number of fused-ring (bicyclic) bond motifs is 1. The highest BCUT2D eigenvalue weighted by atomic mass is 35.5. The summed E-state index contributed by atoms with van der Waals surface area (Å²) in [6, 6.07) is 19.5. The number of benzene rings is 3. The zero-order valence-corrected chi connectivity index (χ0v) is 22.4. The van der Waals surface area contributed by atoms with E-state index in [9.17, 15) is 9.36 Å². The van der Waals surface area contributed by atoms with Gasteiger partial charge in [-0.05, 0) is 55.3 Å². The van der Waals surface area contributed by atoms with Gasteiger partial charge in [-0.15, -0.1) is 0 Å². The van der Waals surface area contributed by atoms with Crippen molar-refractivity contribution in [3.05, 3.63) is 93.2 Å². The van der Waals surface area contributed by atoms with E-state index < -0.39 is 7.60 Å². The fourth-order valence-corrected chi connectivity index (χ4v) is 5.66. The summed E-state index contributed by atoms with van der Waals surface area (Å²) in [5, 5.41) is 5.34. The van der Waals surface area contributed by atoms with Crippen LogP contribution in [0, 0.1) is 0 Å². The number of aromatic nitrogens is 2. The van der Waals surface area contributed by atoms with Crippen LogP contribution in [0.15, 0.2) is 76.6 Å². The molecule has 192 valence electrons. The molecule has 0 spiro atoms. The van der Waals surface area contributed by atoms with E-state index in [0.29, 0.717) is 33.1 Å². The average molecular weight is 540 g/mol. The number of ether oxygens (including phenoxy) is 1. The monoisotopic (exact) mass is 539 g/mol. The van der Waals surface area contributed by atoms with Gasteiger partial charge in [0, 0.05) is 10.6 Å².